The molecule has 25 heavy (non-hydrogen) atoms. The predicted molar refractivity (Wildman–Crippen MR) is 102 cm³/mol. The molecule has 3 aliphatic carbocycles. The Morgan fingerprint density at radius 2 is 1.68 bits per heavy atom. The number of allylic oxidation sites excluding steroid dienone is 2. The summed E-state index contributed by atoms with van der Waals surface area (Å²) in [5.41, 5.74) is 0. The highest BCUT2D eigenvalue weighted by molar-refractivity contribution is 8.33. The summed E-state index contributed by atoms with van der Waals surface area (Å²) >= 11 is 0. The summed E-state index contributed by atoms with van der Waals surface area (Å²) < 4.78 is 5.69. The number of hydrogen-bond acceptors (Lipinski definition) is 3. The fourth-order valence-electron chi connectivity index (χ4n) is 5.18. The molecule has 1 saturated carbocycles. The molecule has 0 spiro atoms. The fourth-order valence-corrected chi connectivity index (χ4v) is 8.53. The van der Waals surface area contributed by atoms with Crippen molar-refractivity contribution in [2.45, 2.75) is 29.3 Å². The molecule has 4 heteroatoms. The third-order valence-electron chi connectivity index (χ3n) is 6.25. The van der Waals surface area contributed by atoms with Crippen LogP contribution in [-0.2, 0) is 9.53 Å². The molecule has 0 aromatic heterocycles. The molecule has 3 nitrogen and oxygen atoms in total. The smallest absolute Gasteiger partial charge is 0.303 e. The highest BCUT2D eigenvalue weighted by atomic mass is 32.3. The molecule has 1 N–H and O–H groups in total. The number of fused-ring (bicyclic) bond motifs is 3. The van der Waals surface area contributed by atoms with Crippen molar-refractivity contribution in [1.82, 2.24) is 0 Å². The highest BCUT2D eigenvalue weighted by Crippen LogP contribution is 2.68. The number of benzene rings is 1. The Morgan fingerprint density at radius 1 is 1.00 bits per heavy atom. The minimum absolute atomic E-state index is 0.143. The molecule has 0 aliphatic heterocycles. The summed E-state index contributed by atoms with van der Waals surface area (Å²) in [5, 5.41) is 11.1. The van der Waals surface area contributed by atoms with Crippen molar-refractivity contribution >= 4 is 16.0 Å². The molecule has 0 amide bonds. The molecule has 0 radical (unpaired) electrons. The second-order valence-electron chi connectivity index (χ2n) is 7.83. The average Bonchev–Trinajstić information content (AvgIpc) is 2.79. The summed E-state index contributed by atoms with van der Waals surface area (Å²) in [6.45, 7) is 1.47. The van der Waals surface area contributed by atoms with E-state index in [1.54, 1.807) is 0 Å². The van der Waals surface area contributed by atoms with Crippen LogP contribution in [0.5, 0.6) is 0 Å². The average molecular weight is 359 g/mol. The summed E-state index contributed by atoms with van der Waals surface area (Å²) in [6.07, 6.45) is 12.3. The van der Waals surface area contributed by atoms with Crippen LogP contribution in [0.1, 0.15) is 6.92 Å². The van der Waals surface area contributed by atoms with Gasteiger partial charge in [-0.3, -0.25) is 4.79 Å². The lowest BCUT2D eigenvalue weighted by molar-refractivity contribution is -0.148. The number of aliphatic hydroxyl groups excluding tert-OH is 1. The van der Waals surface area contributed by atoms with Crippen molar-refractivity contribution in [3.8, 4) is 0 Å². The molecule has 1 fully saturated rings. The van der Waals surface area contributed by atoms with E-state index in [4.69, 9.17) is 4.74 Å². The molecule has 3 unspecified atom stereocenters. The standard InChI is InChI=1S/C21H26O3S/c1-13(22)24-18-12-11-17(23)19-15-9-10-16(15)21(20(18)19)25(2,3)14-7-5-4-6-8-14/h4-12,15-21,23H,1-3H3/t15?,16?,17-,18+,19-,20+,21?/m0/s1. The lowest BCUT2D eigenvalue weighted by Gasteiger charge is -2.47. The van der Waals surface area contributed by atoms with Crippen LogP contribution in [0.4, 0.5) is 0 Å². The van der Waals surface area contributed by atoms with Gasteiger partial charge in [0.2, 0.25) is 0 Å². The summed E-state index contributed by atoms with van der Waals surface area (Å²) in [4.78, 5) is 13.0. The van der Waals surface area contributed by atoms with Gasteiger partial charge in [-0.25, -0.2) is 10.0 Å². The lowest BCUT2D eigenvalue weighted by Crippen LogP contribution is -2.43. The zero-order chi connectivity index (χ0) is 17.8. The first-order valence-corrected chi connectivity index (χ1v) is 11.4. The maximum absolute atomic E-state index is 11.7. The molecule has 3 aliphatic rings. The van der Waals surface area contributed by atoms with Crippen LogP contribution < -0.4 is 0 Å². The second-order valence-corrected chi connectivity index (χ2v) is 11.7. The maximum atomic E-state index is 11.7. The van der Waals surface area contributed by atoms with Crippen LogP contribution in [0.3, 0.4) is 0 Å². The van der Waals surface area contributed by atoms with Crippen molar-refractivity contribution in [3.05, 3.63) is 54.6 Å². The highest BCUT2D eigenvalue weighted by Gasteiger charge is 2.60. The van der Waals surface area contributed by atoms with Crippen LogP contribution >= 0.6 is 10.0 Å². The van der Waals surface area contributed by atoms with Crippen LogP contribution in [0.2, 0.25) is 0 Å². The largest absolute Gasteiger partial charge is 0.458 e. The number of rotatable bonds is 3. The molecular formula is C21H26O3S. The van der Waals surface area contributed by atoms with E-state index in [0.717, 1.165) is 0 Å². The Kier molecular flexibility index (Phi) is 4.08. The number of aliphatic hydroxyl groups is 1. The zero-order valence-electron chi connectivity index (χ0n) is 14.9. The first-order valence-electron chi connectivity index (χ1n) is 8.90. The van der Waals surface area contributed by atoms with Gasteiger partial charge in [-0.2, -0.15) is 0 Å². The quantitative estimate of drug-likeness (QED) is 0.665. The van der Waals surface area contributed by atoms with Crippen LogP contribution in [-0.4, -0.2) is 41.0 Å². The minimum atomic E-state index is -1.12. The van der Waals surface area contributed by atoms with Gasteiger partial charge in [0.1, 0.15) is 6.10 Å². The Morgan fingerprint density at radius 3 is 2.28 bits per heavy atom. The van der Waals surface area contributed by atoms with Gasteiger partial charge in [0, 0.05) is 24.0 Å². The number of carbonyl (C=O) groups is 1. The Hall–Kier alpha value is -1.52. The Bertz CT molecular complexity index is 724. The van der Waals surface area contributed by atoms with Gasteiger partial charge in [0.05, 0.1) is 6.10 Å². The van der Waals surface area contributed by atoms with Gasteiger partial charge in [-0.1, -0.05) is 48.6 Å². The van der Waals surface area contributed by atoms with Gasteiger partial charge >= 0.3 is 5.97 Å². The summed E-state index contributed by atoms with van der Waals surface area (Å²) in [5.74, 6) is 0.920. The van der Waals surface area contributed by atoms with Crippen LogP contribution in [0, 0.1) is 23.7 Å². The van der Waals surface area contributed by atoms with E-state index in [9.17, 15) is 9.90 Å². The first kappa shape index (κ1) is 16.9. The van der Waals surface area contributed by atoms with Crippen LogP contribution in [0.25, 0.3) is 0 Å². The summed E-state index contributed by atoms with van der Waals surface area (Å²) in [7, 11) is -1.12. The number of hydrogen-bond donors (Lipinski definition) is 1. The van der Waals surface area contributed by atoms with Gasteiger partial charge in [0.15, 0.2) is 0 Å². The summed E-state index contributed by atoms with van der Waals surface area (Å²) in [6, 6.07) is 10.7. The first-order chi connectivity index (χ1) is 11.9. The molecule has 134 valence electrons. The predicted octanol–water partition coefficient (Wildman–Crippen LogP) is 3.39. The number of ether oxygens (including phenoxy) is 1. The topological polar surface area (TPSA) is 46.5 Å². The molecule has 1 aromatic carbocycles. The SMILES string of the molecule is CC(=O)O[C@@H]1C=C[C@H](O)[C@@H]2C3C=CC3C(S(C)(C)c3ccccc3)[C@@H]21. The molecule has 7 atom stereocenters. The second kappa shape index (κ2) is 6.03. The van der Waals surface area contributed by atoms with Gasteiger partial charge < -0.3 is 9.84 Å². The minimum Gasteiger partial charge on any atom is -0.458 e. The maximum Gasteiger partial charge on any atom is 0.303 e. The van der Waals surface area contributed by atoms with E-state index < -0.39 is 16.1 Å². The Balaban J connectivity index is 1.77. The van der Waals surface area contributed by atoms with Gasteiger partial charge in [0.25, 0.3) is 0 Å². The normalized spacial score (nSPS) is 39.3. The van der Waals surface area contributed by atoms with Gasteiger partial charge in [-0.05, 0) is 35.3 Å². The van der Waals surface area contributed by atoms with Gasteiger partial charge in [-0.15, -0.1) is 0 Å². The molecule has 0 saturated heterocycles. The van der Waals surface area contributed by atoms with Crippen LogP contribution in [0.15, 0.2) is 59.5 Å². The van der Waals surface area contributed by atoms with Crippen molar-refractivity contribution < 1.29 is 14.6 Å². The van der Waals surface area contributed by atoms with Crippen molar-refractivity contribution in [2.75, 3.05) is 12.5 Å². The van der Waals surface area contributed by atoms with Crippen molar-refractivity contribution in [3.63, 3.8) is 0 Å². The fraction of sp³-hybridized carbons (Fsp3) is 0.476. The molecular weight excluding hydrogens is 332 g/mol. The van der Waals surface area contributed by atoms with E-state index in [2.05, 4.69) is 55.0 Å². The molecule has 1 aromatic rings. The zero-order valence-corrected chi connectivity index (χ0v) is 15.7. The molecule has 0 bridgehead atoms. The Labute approximate surface area is 151 Å². The monoisotopic (exact) mass is 358 g/mol. The van der Waals surface area contributed by atoms with Crippen molar-refractivity contribution in [1.29, 1.82) is 0 Å². The lowest BCUT2D eigenvalue weighted by atomic mass is 9.74. The van der Waals surface area contributed by atoms with E-state index >= 15 is 0 Å². The third kappa shape index (κ3) is 2.58. The van der Waals surface area contributed by atoms with Crippen molar-refractivity contribution in [2.24, 2.45) is 23.7 Å². The number of esters is 1. The third-order valence-corrected chi connectivity index (χ3v) is 9.73. The van der Waals surface area contributed by atoms with E-state index in [1.807, 2.05) is 12.2 Å². The van der Waals surface area contributed by atoms with E-state index in [1.165, 1.54) is 11.8 Å². The molecule has 4 rings (SSSR count). The molecule has 0 heterocycles. The van der Waals surface area contributed by atoms with E-state index in [0.29, 0.717) is 17.1 Å². The van der Waals surface area contributed by atoms with E-state index in [-0.39, 0.29) is 23.9 Å². The number of carbonyl (C=O) groups excluding carboxylic acids is 1.